The monoisotopic (exact) mass is 436 g/mol. The van der Waals surface area contributed by atoms with Gasteiger partial charge in [-0.15, -0.1) is 0 Å². The average Bonchev–Trinajstić information content (AvgIpc) is 3.22. The second-order valence-electron chi connectivity index (χ2n) is 7.90. The van der Waals surface area contributed by atoms with Crippen molar-refractivity contribution in [3.05, 3.63) is 60.3 Å². The molecule has 4 N–H and O–H groups in total. The third kappa shape index (κ3) is 3.96. The minimum absolute atomic E-state index is 0.0923. The fraction of sp³-hybridized carbons (Fsp3) is 0.261. The Morgan fingerprint density at radius 3 is 2.62 bits per heavy atom. The Kier molecular flexibility index (Phi) is 5.48. The number of carbonyl (C=O) groups excluding carboxylic acids is 3. The molecule has 0 bridgehead atoms. The van der Waals surface area contributed by atoms with Gasteiger partial charge in [-0.2, -0.15) is 0 Å². The van der Waals surface area contributed by atoms with Gasteiger partial charge in [0.15, 0.2) is 5.88 Å². The summed E-state index contributed by atoms with van der Waals surface area (Å²) in [6.45, 7) is 1.71. The first-order valence-electron chi connectivity index (χ1n) is 10.1. The van der Waals surface area contributed by atoms with Gasteiger partial charge in [0.1, 0.15) is 11.3 Å². The Bertz CT molecular complexity index is 1190. The minimum atomic E-state index is -1.55. The van der Waals surface area contributed by atoms with Crippen LogP contribution in [0.2, 0.25) is 0 Å². The predicted octanol–water partition coefficient (Wildman–Crippen LogP) is 2.20. The minimum Gasteiger partial charge on any atom is -0.497 e. The fourth-order valence-corrected chi connectivity index (χ4v) is 3.98. The van der Waals surface area contributed by atoms with Gasteiger partial charge in [0.25, 0.3) is 5.91 Å². The fourth-order valence-electron chi connectivity index (χ4n) is 3.98. The summed E-state index contributed by atoms with van der Waals surface area (Å²) in [6.07, 6.45) is 1.37. The van der Waals surface area contributed by atoms with Gasteiger partial charge in [-0.1, -0.05) is 30.3 Å². The molecule has 1 unspecified atom stereocenters. The van der Waals surface area contributed by atoms with E-state index in [1.165, 1.54) is 11.7 Å². The molecule has 1 fully saturated rings. The van der Waals surface area contributed by atoms with Gasteiger partial charge in [0, 0.05) is 17.0 Å². The van der Waals surface area contributed by atoms with Gasteiger partial charge in [-0.3, -0.25) is 14.9 Å². The smallest absolute Gasteiger partial charge is 0.322 e. The third-order valence-corrected chi connectivity index (χ3v) is 5.66. The zero-order valence-electron chi connectivity index (χ0n) is 17.7. The number of benzene rings is 2. The number of fused-ring (bicyclic) bond motifs is 1. The molecular weight excluding hydrogens is 412 g/mol. The molecule has 0 aliphatic carbocycles. The number of carbonyl (C=O) groups is 3. The molecule has 2 aromatic carbocycles. The standard InChI is InChI=1S/C23H24N4O5/c1-14(15-6-4-3-5-7-15)24-19(28)11-23(21(30)25-22(31)26-23)13-27-12-16-8-9-17(32-2)10-18(16)20(27)29/h3-10,12,14,29H,11,13H2,1-2H3,(H,24,28)(H2,25,26,30,31)/t14-,23?/m0/s1. The summed E-state index contributed by atoms with van der Waals surface area (Å²) < 4.78 is 6.65. The Hall–Kier alpha value is -4.01. The van der Waals surface area contributed by atoms with Crippen LogP contribution in [0.5, 0.6) is 11.6 Å². The van der Waals surface area contributed by atoms with Gasteiger partial charge < -0.3 is 25.0 Å². The van der Waals surface area contributed by atoms with E-state index in [4.69, 9.17) is 4.74 Å². The highest BCUT2D eigenvalue weighted by atomic mass is 16.5. The number of hydrogen-bond donors (Lipinski definition) is 4. The number of aromatic hydroxyl groups is 1. The zero-order valence-corrected chi connectivity index (χ0v) is 17.7. The van der Waals surface area contributed by atoms with Gasteiger partial charge in [-0.05, 0) is 30.7 Å². The lowest BCUT2D eigenvalue weighted by atomic mass is 9.94. The zero-order chi connectivity index (χ0) is 22.9. The quantitative estimate of drug-likeness (QED) is 0.423. The summed E-state index contributed by atoms with van der Waals surface area (Å²) >= 11 is 0. The highest BCUT2D eigenvalue weighted by Crippen LogP contribution is 2.32. The lowest BCUT2D eigenvalue weighted by molar-refractivity contribution is -0.131. The summed E-state index contributed by atoms with van der Waals surface area (Å²) in [5.41, 5.74) is -0.633. The molecule has 0 spiro atoms. The number of aromatic nitrogens is 1. The van der Waals surface area contributed by atoms with Crippen LogP contribution in [0.15, 0.2) is 54.7 Å². The van der Waals surface area contributed by atoms with Crippen molar-refractivity contribution < 1.29 is 24.2 Å². The van der Waals surface area contributed by atoms with Crippen molar-refractivity contribution in [1.29, 1.82) is 0 Å². The molecule has 4 rings (SSSR count). The highest BCUT2D eigenvalue weighted by Gasteiger charge is 2.48. The average molecular weight is 436 g/mol. The first kappa shape index (κ1) is 21.2. The Labute approximate surface area is 184 Å². The van der Waals surface area contributed by atoms with Crippen molar-refractivity contribution in [3.8, 4) is 11.6 Å². The SMILES string of the molecule is COc1ccc2cn(CC3(CC(=O)N[C@@H](C)c4ccccc4)NC(=O)NC3=O)c(O)c2c1. The van der Waals surface area contributed by atoms with Crippen molar-refractivity contribution in [2.45, 2.75) is 31.5 Å². The normalized spacial score (nSPS) is 18.8. The molecule has 3 aromatic rings. The summed E-state index contributed by atoms with van der Waals surface area (Å²) in [5, 5.41) is 19.6. The van der Waals surface area contributed by atoms with Crippen molar-refractivity contribution in [3.63, 3.8) is 0 Å². The third-order valence-electron chi connectivity index (χ3n) is 5.66. The van der Waals surface area contributed by atoms with Crippen LogP contribution in [0, 0.1) is 0 Å². The number of hydrogen-bond acceptors (Lipinski definition) is 5. The van der Waals surface area contributed by atoms with Gasteiger partial charge in [0.05, 0.1) is 26.1 Å². The predicted molar refractivity (Wildman–Crippen MR) is 117 cm³/mol. The number of ether oxygens (including phenoxy) is 1. The van der Waals surface area contributed by atoms with E-state index in [1.807, 2.05) is 37.3 Å². The topological polar surface area (TPSA) is 122 Å². The van der Waals surface area contributed by atoms with Crippen LogP contribution >= 0.6 is 0 Å². The second kappa shape index (κ2) is 8.26. The van der Waals surface area contributed by atoms with Crippen molar-refractivity contribution in [2.75, 3.05) is 7.11 Å². The number of methoxy groups -OCH3 is 1. The lowest BCUT2D eigenvalue weighted by Gasteiger charge is -2.27. The maximum Gasteiger partial charge on any atom is 0.322 e. The molecule has 1 aliphatic heterocycles. The van der Waals surface area contributed by atoms with E-state index in [0.717, 1.165) is 10.9 Å². The summed E-state index contributed by atoms with van der Waals surface area (Å²) in [7, 11) is 1.53. The maximum absolute atomic E-state index is 12.8. The van der Waals surface area contributed by atoms with E-state index >= 15 is 0 Å². The number of imide groups is 1. The molecule has 0 saturated carbocycles. The number of urea groups is 1. The van der Waals surface area contributed by atoms with Gasteiger partial charge in [0.2, 0.25) is 5.91 Å². The van der Waals surface area contributed by atoms with Crippen LogP contribution in [-0.4, -0.2) is 40.2 Å². The van der Waals surface area contributed by atoms with Crippen molar-refractivity contribution >= 4 is 28.6 Å². The van der Waals surface area contributed by atoms with Crippen LogP contribution in [0.25, 0.3) is 10.8 Å². The molecule has 1 aliphatic rings. The van der Waals surface area contributed by atoms with E-state index in [9.17, 15) is 19.5 Å². The number of nitrogens with one attached hydrogen (secondary N) is 3. The van der Waals surface area contributed by atoms with E-state index in [2.05, 4.69) is 16.0 Å². The van der Waals surface area contributed by atoms with Crippen LogP contribution < -0.4 is 20.7 Å². The van der Waals surface area contributed by atoms with Crippen molar-refractivity contribution in [1.82, 2.24) is 20.5 Å². The summed E-state index contributed by atoms with van der Waals surface area (Å²) in [6, 6.07) is 13.7. The van der Waals surface area contributed by atoms with E-state index in [1.54, 1.807) is 24.4 Å². The van der Waals surface area contributed by atoms with Gasteiger partial charge >= 0.3 is 6.03 Å². The largest absolute Gasteiger partial charge is 0.497 e. The molecule has 2 atom stereocenters. The van der Waals surface area contributed by atoms with Crippen molar-refractivity contribution in [2.24, 2.45) is 0 Å². The number of amides is 4. The molecule has 166 valence electrons. The molecule has 1 aromatic heterocycles. The number of nitrogens with zero attached hydrogens (tertiary/aromatic N) is 1. The van der Waals surface area contributed by atoms with E-state index in [0.29, 0.717) is 11.1 Å². The van der Waals surface area contributed by atoms with E-state index < -0.39 is 23.4 Å². The summed E-state index contributed by atoms with van der Waals surface area (Å²) in [4.78, 5) is 37.5. The van der Waals surface area contributed by atoms with E-state index in [-0.39, 0.29) is 24.9 Å². The molecule has 4 amide bonds. The molecule has 2 heterocycles. The van der Waals surface area contributed by atoms with Crippen LogP contribution in [0.3, 0.4) is 0 Å². The Balaban J connectivity index is 1.59. The molecule has 1 saturated heterocycles. The number of rotatable bonds is 7. The molecule has 9 heteroatoms. The van der Waals surface area contributed by atoms with Gasteiger partial charge in [-0.25, -0.2) is 4.79 Å². The first-order chi connectivity index (χ1) is 15.3. The molecule has 32 heavy (non-hydrogen) atoms. The summed E-state index contributed by atoms with van der Waals surface area (Å²) in [5.74, 6) is -0.553. The van der Waals surface area contributed by atoms with Crippen LogP contribution in [-0.2, 0) is 16.1 Å². The Morgan fingerprint density at radius 1 is 1.22 bits per heavy atom. The highest BCUT2D eigenvalue weighted by molar-refractivity contribution is 6.08. The lowest BCUT2D eigenvalue weighted by Crippen LogP contribution is -2.53. The maximum atomic E-state index is 12.8. The second-order valence-corrected chi connectivity index (χ2v) is 7.90. The molecular formula is C23H24N4O5. The molecule has 9 nitrogen and oxygen atoms in total. The van der Waals surface area contributed by atoms with Crippen LogP contribution in [0.1, 0.15) is 24.9 Å². The van der Waals surface area contributed by atoms with Crippen LogP contribution in [0.4, 0.5) is 4.79 Å². The molecule has 0 radical (unpaired) electrons. The Morgan fingerprint density at radius 2 is 1.97 bits per heavy atom. The first-order valence-corrected chi connectivity index (χ1v) is 10.1.